The third-order valence-electron chi connectivity index (χ3n) is 2.22. The molecule has 5 heteroatoms. The minimum atomic E-state index is -3.05. The Morgan fingerprint density at radius 1 is 1.07 bits per heavy atom. The summed E-state index contributed by atoms with van der Waals surface area (Å²) in [4.78, 5) is 0. The van der Waals surface area contributed by atoms with Crippen molar-refractivity contribution in [1.82, 2.24) is 4.72 Å². The van der Waals surface area contributed by atoms with Gasteiger partial charge in [0.05, 0.1) is 5.75 Å². The lowest BCUT2D eigenvalue weighted by Gasteiger charge is -2.05. The molecule has 0 aromatic carbocycles. The van der Waals surface area contributed by atoms with Gasteiger partial charge in [-0.05, 0) is 25.8 Å². The van der Waals surface area contributed by atoms with Crippen molar-refractivity contribution in [3.63, 3.8) is 0 Å². The van der Waals surface area contributed by atoms with Crippen molar-refractivity contribution in [2.75, 3.05) is 18.8 Å². The fourth-order valence-corrected chi connectivity index (χ4v) is 2.47. The van der Waals surface area contributed by atoms with E-state index in [2.05, 4.69) is 11.6 Å². The molecular formula is C10H24N2O2S. The Morgan fingerprint density at radius 2 is 1.80 bits per heavy atom. The van der Waals surface area contributed by atoms with Gasteiger partial charge in [0.1, 0.15) is 0 Å². The van der Waals surface area contributed by atoms with Crippen LogP contribution in [0.3, 0.4) is 0 Å². The average molecular weight is 236 g/mol. The molecule has 4 nitrogen and oxygen atoms in total. The van der Waals surface area contributed by atoms with Gasteiger partial charge in [-0.1, -0.05) is 26.2 Å². The molecule has 0 saturated heterocycles. The van der Waals surface area contributed by atoms with E-state index in [9.17, 15) is 8.42 Å². The Morgan fingerprint density at radius 3 is 2.40 bits per heavy atom. The monoisotopic (exact) mass is 236 g/mol. The Balaban J connectivity index is 3.47. The summed E-state index contributed by atoms with van der Waals surface area (Å²) in [6, 6.07) is 0. The van der Waals surface area contributed by atoms with Crippen molar-refractivity contribution >= 4 is 10.0 Å². The second-order valence-electron chi connectivity index (χ2n) is 3.77. The summed E-state index contributed by atoms with van der Waals surface area (Å²) in [5, 5.41) is 0. The summed E-state index contributed by atoms with van der Waals surface area (Å²) in [5.41, 5.74) is 5.30. The molecule has 0 saturated carbocycles. The normalized spacial score (nSPS) is 11.9. The fraction of sp³-hybridized carbons (Fsp3) is 1.00. The van der Waals surface area contributed by atoms with Gasteiger partial charge in [0.2, 0.25) is 10.0 Å². The van der Waals surface area contributed by atoms with Crippen molar-refractivity contribution < 1.29 is 8.42 Å². The predicted octanol–water partition coefficient (Wildman–Crippen LogP) is 1.23. The van der Waals surface area contributed by atoms with E-state index in [4.69, 9.17) is 5.73 Å². The number of sulfonamides is 1. The van der Waals surface area contributed by atoms with Crippen LogP contribution in [0.5, 0.6) is 0 Å². The Bertz CT molecular complexity index is 228. The standard InChI is InChI=1S/C10H24N2O2S/c1-2-3-4-6-9-12-15(13,14)10-7-5-8-11/h12H,2-11H2,1H3. The van der Waals surface area contributed by atoms with Crippen LogP contribution < -0.4 is 10.5 Å². The Kier molecular flexibility index (Phi) is 9.04. The van der Waals surface area contributed by atoms with Crippen molar-refractivity contribution in [2.45, 2.75) is 45.4 Å². The van der Waals surface area contributed by atoms with Crippen LogP contribution in [-0.4, -0.2) is 27.3 Å². The van der Waals surface area contributed by atoms with Gasteiger partial charge in [-0.15, -0.1) is 0 Å². The third-order valence-corrected chi connectivity index (χ3v) is 3.69. The number of unbranched alkanes of at least 4 members (excludes halogenated alkanes) is 4. The fourth-order valence-electron chi connectivity index (χ4n) is 1.29. The number of hydrogen-bond donors (Lipinski definition) is 2. The van der Waals surface area contributed by atoms with Crippen LogP contribution in [0, 0.1) is 0 Å². The number of hydrogen-bond acceptors (Lipinski definition) is 3. The predicted molar refractivity (Wildman–Crippen MR) is 64.2 cm³/mol. The zero-order chi connectivity index (χ0) is 11.6. The van der Waals surface area contributed by atoms with Gasteiger partial charge in [0, 0.05) is 6.54 Å². The molecule has 0 atom stereocenters. The maximum Gasteiger partial charge on any atom is 0.211 e. The van der Waals surface area contributed by atoms with Crippen molar-refractivity contribution in [2.24, 2.45) is 5.73 Å². The highest BCUT2D eigenvalue weighted by Gasteiger charge is 2.07. The molecule has 0 bridgehead atoms. The molecule has 0 amide bonds. The van der Waals surface area contributed by atoms with Crippen LogP contribution >= 0.6 is 0 Å². The minimum absolute atomic E-state index is 0.206. The summed E-state index contributed by atoms with van der Waals surface area (Å²) in [5.74, 6) is 0.206. The van der Waals surface area contributed by atoms with E-state index in [1.54, 1.807) is 0 Å². The summed E-state index contributed by atoms with van der Waals surface area (Å²) in [6.07, 6.45) is 5.81. The first-order valence-corrected chi connectivity index (χ1v) is 7.45. The SMILES string of the molecule is CCCCCCNS(=O)(=O)CCCCN. The molecule has 0 rings (SSSR count). The molecule has 0 spiro atoms. The first-order valence-electron chi connectivity index (χ1n) is 5.80. The van der Waals surface area contributed by atoms with Crippen LogP contribution in [0.4, 0.5) is 0 Å². The Hall–Kier alpha value is -0.130. The van der Waals surface area contributed by atoms with Crippen LogP contribution in [0.2, 0.25) is 0 Å². The summed E-state index contributed by atoms with van der Waals surface area (Å²) in [6.45, 7) is 3.27. The van der Waals surface area contributed by atoms with Crippen molar-refractivity contribution in [3.05, 3.63) is 0 Å². The highest BCUT2D eigenvalue weighted by Crippen LogP contribution is 1.99. The van der Waals surface area contributed by atoms with E-state index < -0.39 is 10.0 Å². The smallest absolute Gasteiger partial charge is 0.211 e. The molecule has 0 heterocycles. The molecule has 0 aliphatic carbocycles. The zero-order valence-electron chi connectivity index (χ0n) is 9.67. The molecule has 0 aromatic heterocycles. The van der Waals surface area contributed by atoms with Gasteiger partial charge < -0.3 is 5.73 Å². The van der Waals surface area contributed by atoms with E-state index in [1.807, 2.05) is 0 Å². The van der Waals surface area contributed by atoms with E-state index >= 15 is 0 Å². The van der Waals surface area contributed by atoms with Crippen molar-refractivity contribution in [1.29, 1.82) is 0 Å². The summed E-state index contributed by atoms with van der Waals surface area (Å²) >= 11 is 0. The topological polar surface area (TPSA) is 72.2 Å². The maximum absolute atomic E-state index is 11.4. The van der Waals surface area contributed by atoms with Gasteiger partial charge in [-0.25, -0.2) is 13.1 Å². The average Bonchev–Trinajstić information content (AvgIpc) is 2.17. The molecule has 0 aliphatic rings. The lowest BCUT2D eigenvalue weighted by Crippen LogP contribution is -2.27. The van der Waals surface area contributed by atoms with Crippen molar-refractivity contribution in [3.8, 4) is 0 Å². The van der Waals surface area contributed by atoms with Gasteiger partial charge in [0.25, 0.3) is 0 Å². The summed E-state index contributed by atoms with van der Waals surface area (Å²) in [7, 11) is -3.05. The van der Waals surface area contributed by atoms with E-state index in [0.717, 1.165) is 19.3 Å². The molecule has 0 unspecified atom stereocenters. The van der Waals surface area contributed by atoms with Gasteiger partial charge in [-0.3, -0.25) is 0 Å². The molecular weight excluding hydrogens is 212 g/mol. The zero-order valence-corrected chi connectivity index (χ0v) is 10.5. The van der Waals surface area contributed by atoms with Crippen LogP contribution in [0.1, 0.15) is 45.4 Å². The highest BCUT2D eigenvalue weighted by molar-refractivity contribution is 7.89. The van der Waals surface area contributed by atoms with E-state index in [1.165, 1.54) is 12.8 Å². The number of rotatable bonds is 10. The van der Waals surface area contributed by atoms with E-state index in [0.29, 0.717) is 19.5 Å². The van der Waals surface area contributed by atoms with Gasteiger partial charge in [-0.2, -0.15) is 0 Å². The van der Waals surface area contributed by atoms with Gasteiger partial charge in [0.15, 0.2) is 0 Å². The second kappa shape index (κ2) is 9.12. The summed E-state index contributed by atoms with van der Waals surface area (Å²) < 4.78 is 25.4. The molecule has 92 valence electrons. The lowest BCUT2D eigenvalue weighted by atomic mass is 10.2. The van der Waals surface area contributed by atoms with Crippen LogP contribution in [0.25, 0.3) is 0 Å². The van der Waals surface area contributed by atoms with Crippen LogP contribution in [-0.2, 0) is 10.0 Å². The lowest BCUT2D eigenvalue weighted by molar-refractivity contribution is 0.570. The molecule has 0 aliphatic heterocycles. The first-order chi connectivity index (χ1) is 7.12. The molecule has 0 radical (unpaired) electrons. The second-order valence-corrected chi connectivity index (χ2v) is 5.70. The molecule has 3 N–H and O–H groups in total. The molecule has 0 fully saturated rings. The van der Waals surface area contributed by atoms with E-state index in [-0.39, 0.29) is 5.75 Å². The largest absolute Gasteiger partial charge is 0.330 e. The quantitative estimate of drug-likeness (QED) is 0.560. The van der Waals surface area contributed by atoms with Crippen LogP contribution in [0.15, 0.2) is 0 Å². The molecule has 15 heavy (non-hydrogen) atoms. The Labute approximate surface area is 93.7 Å². The van der Waals surface area contributed by atoms with Gasteiger partial charge >= 0.3 is 0 Å². The number of nitrogens with one attached hydrogen (secondary N) is 1. The molecule has 0 aromatic rings. The first kappa shape index (κ1) is 14.9. The number of nitrogens with two attached hydrogens (primary N) is 1. The third kappa shape index (κ3) is 10.2. The maximum atomic E-state index is 11.4. The highest BCUT2D eigenvalue weighted by atomic mass is 32.2. The minimum Gasteiger partial charge on any atom is -0.330 e.